The van der Waals surface area contributed by atoms with Crippen LogP contribution in [-0.4, -0.2) is 24.8 Å². The Morgan fingerprint density at radius 2 is 2.00 bits per heavy atom. The first-order chi connectivity index (χ1) is 5.99. The van der Waals surface area contributed by atoms with Crippen LogP contribution >= 0.6 is 0 Å². The number of allylic oxidation sites excluding steroid dienone is 1. The van der Waals surface area contributed by atoms with Crippen molar-refractivity contribution < 1.29 is 23.1 Å². The highest BCUT2D eigenvalue weighted by Gasteiger charge is 2.14. The molecule has 0 aliphatic heterocycles. The number of ether oxygens (including phenoxy) is 1. The zero-order chi connectivity index (χ0) is 10.4. The molecule has 0 bridgehead atoms. The minimum atomic E-state index is -2.72. The maximum Gasteiger partial charge on any atom is 0.379 e. The Kier molecular flexibility index (Phi) is 4.87. The molecule has 0 heterocycles. The second-order valence-electron chi connectivity index (χ2n) is 2.27. The van der Waals surface area contributed by atoms with E-state index in [-0.39, 0.29) is 6.61 Å². The summed E-state index contributed by atoms with van der Waals surface area (Å²) >= 11 is 0. The predicted octanol–water partition coefficient (Wildman–Crippen LogP) is 1.33. The molecule has 74 valence electrons. The van der Waals surface area contributed by atoms with E-state index in [1.54, 1.807) is 0 Å². The zero-order valence-corrected chi connectivity index (χ0v) is 7.34. The van der Waals surface area contributed by atoms with Gasteiger partial charge in [-0.2, -0.15) is 0 Å². The van der Waals surface area contributed by atoms with E-state index in [2.05, 4.69) is 4.74 Å². The molecule has 0 unspecified atom stereocenters. The number of ketones is 1. The summed E-state index contributed by atoms with van der Waals surface area (Å²) in [5.74, 6) is -2.16. The highest BCUT2D eigenvalue weighted by Crippen LogP contribution is 2.06. The summed E-state index contributed by atoms with van der Waals surface area (Å²) in [7, 11) is 0. The van der Waals surface area contributed by atoms with E-state index in [1.807, 2.05) is 0 Å². The first-order valence-corrected chi connectivity index (χ1v) is 3.66. The lowest BCUT2D eigenvalue weighted by molar-refractivity contribution is -0.151. The van der Waals surface area contributed by atoms with Crippen molar-refractivity contribution in [3.8, 4) is 0 Å². The number of rotatable bonds is 4. The Balaban J connectivity index is 4.29. The Bertz CT molecular complexity index is 234. The maximum atomic E-state index is 11.9. The summed E-state index contributed by atoms with van der Waals surface area (Å²) < 4.78 is 28.0. The molecule has 0 saturated carbocycles. The Morgan fingerprint density at radius 1 is 1.46 bits per heavy atom. The van der Waals surface area contributed by atoms with Crippen LogP contribution in [0.3, 0.4) is 0 Å². The van der Waals surface area contributed by atoms with Crippen LogP contribution < -0.4 is 0 Å². The van der Waals surface area contributed by atoms with Crippen LogP contribution in [0.15, 0.2) is 11.6 Å². The predicted molar refractivity (Wildman–Crippen MR) is 41.4 cm³/mol. The molecule has 0 rings (SSSR count). The molecule has 0 N–H and O–H groups in total. The number of alkyl halides is 2. The standard InChI is InChI=1S/C8H10F2O3/c1-3-13-8(12)6(11)4-5(2)7(9)10/h4,7H,3H2,1-2H3/b5-4-. The van der Waals surface area contributed by atoms with Gasteiger partial charge in [-0.15, -0.1) is 0 Å². The molecule has 0 saturated heterocycles. The van der Waals surface area contributed by atoms with Crippen molar-refractivity contribution >= 4 is 11.8 Å². The van der Waals surface area contributed by atoms with Gasteiger partial charge >= 0.3 is 5.97 Å². The van der Waals surface area contributed by atoms with E-state index in [9.17, 15) is 18.4 Å². The molecular weight excluding hydrogens is 182 g/mol. The smallest absolute Gasteiger partial charge is 0.379 e. The molecule has 3 nitrogen and oxygen atoms in total. The van der Waals surface area contributed by atoms with E-state index in [4.69, 9.17) is 0 Å². The molecule has 0 aromatic rings. The molecular formula is C8H10F2O3. The summed E-state index contributed by atoms with van der Waals surface area (Å²) in [4.78, 5) is 21.4. The van der Waals surface area contributed by atoms with Crippen molar-refractivity contribution in [1.82, 2.24) is 0 Å². The van der Waals surface area contributed by atoms with Gasteiger partial charge in [-0.25, -0.2) is 13.6 Å². The van der Waals surface area contributed by atoms with Crippen molar-refractivity contribution in [3.63, 3.8) is 0 Å². The van der Waals surface area contributed by atoms with Crippen LogP contribution in [0.25, 0.3) is 0 Å². The fourth-order valence-electron chi connectivity index (χ4n) is 0.531. The molecule has 0 aliphatic rings. The van der Waals surface area contributed by atoms with Crippen LogP contribution in [0.1, 0.15) is 13.8 Å². The van der Waals surface area contributed by atoms with Crippen LogP contribution in [0.2, 0.25) is 0 Å². The third kappa shape index (κ3) is 4.35. The summed E-state index contributed by atoms with van der Waals surface area (Å²) in [6.45, 7) is 2.64. The number of hydrogen-bond donors (Lipinski definition) is 0. The first-order valence-electron chi connectivity index (χ1n) is 3.66. The van der Waals surface area contributed by atoms with Gasteiger partial charge < -0.3 is 4.74 Å². The van der Waals surface area contributed by atoms with Crippen LogP contribution in [0, 0.1) is 0 Å². The van der Waals surface area contributed by atoms with Gasteiger partial charge in [0, 0.05) is 0 Å². The molecule has 0 aliphatic carbocycles. The third-order valence-corrected chi connectivity index (χ3v) is 1.18. The van der Waals surface area contributed by atoms with E-state index in [1.165, 1.54) is 6.92 Å². The zero-order valence-electron chi connectivity index (χ0n) is 7.34. The monoisotopic (exact) mass is 192 g/mol. The maximum absolute atomic E-state index is 11.9. The third-order valence-electron chi connectivity index (χ3n) is 1.18. The lowest BCUT2D eigenvalue weighted by Crippen LogP contribution is -2.15. The lowest BCUT2D eigenvalue weighted by Gasteiger charge is -1.98. The van der Waals surface area contributed by atoms with Crippen molar-refractivity contribution in [2.75, 3.05) is 6.61 Å². The minimum Gasteiger partial charge on any atom is -0.460 e. The second kappa shape index (κ2) is 5.40. The van der Waals surface area contributed by atoms with E-state index in [0.717, 1.165) is 6.92 Å². The van der Waals surface area contributed by atoms with Crippen molar-refractivity contribution in [2.45, 2.75) is 20.3 Å². The molecule has 0 radical (unpaired) electrons. The fourth-order valence-corrected chi connectivity index (χ4v) is 0.531. The molecule has 5 heteroatoms. The van der Waals surface area contributed by atoms with Crippen LogP contribution in [0.4, 0.5) is 8.78 Å². The average Bonchev–Trinajstić information content (AvgIpc) is 2.04. The second-order valence-corrected chi connectivity index (χ2v) is 2.27. The molecule has 0 aromatic heterocycles. The largest absolute Gasteiger partial charge is 0.460 e. The van der Waals surface area contributed by atoms with E-state index in [0.29, 0.717) is 6.08 Å². The normalized spacial score (nSPS) is 11.6. The highest BCUT2D eigenvalue weighted by atomic mass is 19.3. The van der Waals surface area contributed by atoms with Gasteiger partial charge in [0.2, 0.25) is 0 Å². The van der Waals surface area contributed by atoms with Gasteiger partial charge in [0.05, 0.1) is 6.61 Å². The number of carbonyl (C=O) groups excluding carboxylic acids is 2. The summed E-state index contributed by atoms with van der Waals surface area (Å²) in [6.07, 6.45) is -2.14. The van der Waals surface area contributed by atoms with Gasteiger partial charge in [-0.3, -0.25) is 4.79 Å². The SMILES string of the molecule is CCOC(=O)C(=O)/C=C(/C)C(F)F. The summed E-state index contributed by atoms with van der Waals surface area (Å²) in [5, 5.41) is 0. The van der Waals surface area contributed by atoms with Gasteiger partial charge in [-0.05, 0) is 25.5 Å². The van der Waals surface area contributed by atoms with Crippen molar-refractivity contribution in [1.29, 1.82) is 0 Å². The van der Waals surface area contributed by atoms with E-state index < -0.39 is 23.8 Å². The Labute approximate surface area is 74.4 Å². The quantitative estimate of drug-likeness (QED) is 0.383. The number of hydrogen-bond acceptors (Lipinski definition) is 3. The van der Waals surface area contributed by atoms with Gasteiger partial charge in [0.15, 0.2) is 0 Å². The van der Waals surface area contributed by atoms with Crippen molar-refractivity contribution in [3.05, 3.63) is 11.6 Å². The van der Waals surface area contributed by atoms with Crippen LogP contribution in [-0.2, 0) is 14.3 Å². The van der Waals surface area contributed by atoms with Gasteiger partial charge in [0.1, 0.15) is 0 Å². The summed E-state index contributed by atoms with van der Waals surface area (Å²) in [5.41, 5.74) is -0.446. The number of esters is 1. The molecule has 0 spiro atoms. The van der Waals surface area contributed by atoms with E-state index >= 15 is 0 Å². The molecule has 0 amide bonds. The molecule has 13 heavy (non-hydrogen) atoms. The highest BCUT2D eigenvalue weighted by molar-refractivity contribution is 6.38. The minimum absolute atomic E-state index is 0.0478. The average molecular weight is 192 g/mol. The molecule has 0 aromatic carbocycles. The summed E-state index contributed by atoms with van der Waals surface area (Å²) in [6, 6.07) is 0. The van der Waals surface area contributed by atoms with Crippen molar-refractivity contribution in [2.24, 2.45) is 0 Å². The fraction of sp³-hybridized carbons (Fsp3) is 0.500. The van der Waals surface area contributed by atoms with Gasteiger partial charge in [0.25, 0.3) is 12.2 Å². The molecule has 0 atom stereocenters. The number of carbonyl (C=O) groups is 2. The molecule has 0 fully saturated rings. The first kappa shape index (κ1) is 11.7. The lowest BCUT2D eigenvalue weighted by atomic mass is 10.2. The van der Waals surface area contributed by atoms with Gasteiger partial charge in [-0.1, -0.05) is 0 Å². The number of halogens is 2. The Hall–Kier alpha value is -1.26. The topological polar surface area (TPSA) is 43.4 Å². The van der Waals surface area contributed by atoms with Crippen LogP contribution in [0.5, 0.6) is 0 Å². The Morgan fingerprint density at radius 3 is 2.38 bits per heavy atom.